The summed E-state index contributed by atoms with van der Waals surface area (Å²) in [7, 11) is 0. The van der Waals surface area contributed by atoms with Crippen LogP contribution in [0.1, 0.15) is 24.8 Å². The van der Waals surface area contributed by atoms with Crippen LogP contribution in [0.15, 0.2) is 18.2 Å². The van der Waals surface area contributed by atoms with Gasteiger partial charge in [0, 0.05) is 36.6 Å². The molecule has 130 valence electrons. The molecule has 0 atom stereocenters. The van der Waals surface area contributed by atoms with E-state index in [1.54, 1.807) is 17.0 Å². The molecule has 0 aliphatic carbocycles. The fraction of sp³-hybridized carbons (Fsp3) is 0.529. The summed E-state index contributed by atoms with van der Waals surface area (Å²) in [5.74, 6) is -1.03. The molecule has 1 spiro atoms. The summed E-state index contributed by atoms with van der Waals surface area (Å²) in [5.41, 5.74) is 1.53. The van der Waals surface area contributed by atoms with Gasteiger partial charge < -0.3 is 19.7 Å². The van der Waals surface area contributed by atoms with E-state index in [0.717, 1.165) is 5.56 Å². The van der Waals surface area contributed by atoms with Crippen LogP contribution in [0.5, 0.6) is 0 Å². The van der Waals surface area contributed by atoms with Crippen molar-refractivity contribution >= 4 is 29.1 Å². The minimum atomic E-state index is -0.517. The fourth-order valence-corrected chi connectivity index (χ4v) is 3.23. The van der Waals surface area contributed by atoms with Crippen molar-refractivity contribution in [2.24, 2.45) is 0 Å². The minimum Gasteiger partial charge on any atom is -0.347 e. The molecule has 0 unspecified atom stereocenters. The monoisotopic (exact) mass is 352 g/mol. The van der Waals surface area contributed by atoms with Crippen LogP contribution in [0.4, 0.5) is 5.69 Å². The Kier molecular flexibility index (Phi) is 5.08. The number of piperidine rings is 1. The third kappa shape index (κ3) is 3.88. The van der Waals surface area contributed by atoms with Crippen molar-refractivity contribution in [2.45, 2.75) is 32.0 Å². The maximum atomic E-state index is 12.3. The summed E-state index contributed by atoms with van der Waals surface area (Å²) in [5, 5.41) is 3.29. The maximum Gasteiger partial charge on any atom is 0.233 e. The predicted octanol–water partition coefficient (Wildman–Crippen LogP) is 2.34. The van der Waals surface area contributed by atoms with Crippen molar-refractivity contribution in [2.75, 3.05) is 31.6 Å². The summed E-state index contributed by atoms with van der Waals surface area (Å²) in [6.45, 7) is 4.18. The minimum absolute atomic E-state index is 0.180. The molecule has 3 rings (SSSR count). The van der Waals surface area contributed by atoms with Crippen LogP contribution < -0.4 is 5.32 Å². The zero-order valence-electron chi connectivity index (χ0n) is 13.6. The van der Waals surface area contributed by atoms with Crippen molar-refractivity contribution in [3.8, 4) is 0 Å². The molecule has 6 nitrogen and oxygen atoms in total. The van der Waals surface area contributed by atoms with Crippen LogP contribution in [0, 0.1) is 6.92 Å². The second-order valence-corrected chi connectivity index (χ2v) is 6.61. The second-order valence-electron chi connectivity index (χ2n) is 6.17. The van der Waals surface area contributed by atoms with Crippen LogP contribution in [0.2, 0.25) is 5.02 Å². The van der Waals surface area contributed by atoms with Crippen LogP contribution in [-0.4, -0.2) is 48.8 Å². The molecular weight excluding hydrogens is 332 g/mol. The number of carbonyl (C=O) groups excluding carboxylic acids is 2. The molecule has 2 saturated heterocycles. The first-order valence-electron chi connectivity index (χ1n) is 8.09. The molecule has 0 aromatic heterocycles. The van der Waals surface area contributed by atoms with E-state index >= 15 is 0 Å². The quantitative estimate of drug-likeness (QED) is 0.848. The highest BCUT2D eigenvalue weighted by atomic mass is 35.5. The lowest BCUT2D eigenvalue weighted by molar-refractivity contribution is -0.187. The topological polar surface area (TPSA) is 67.9 Å². The van der Waals surface area contributed by atoms with E-state index in [9.17, 15) is 9.59 Å². The Morgan fingerprint density at radius 2 is 1.92 bits per heavy atom. The first kappa shape index (κ1) is 17.2. The van der Waals surface area contributed by atoms with E-state index in [1.165, 1.54) is 0 Å². The van der Waals surface area contributed by atoms with Gasteiger partial charge in [0.2, 0.25) is 11.8 Å². The first-order valence-corrected chi connectivity index (χ1v) is 8.47. The summed E-state index contributed by atoms with van der Waals surface area (Å²) in [6, 6.07) is 5.26. The van der Waals surface area contributed by atoms with E-state index in [1.807, 2.05) is 13.0 Å². The molecule has 0 radical (unpaired) electrons. The second kappa shape index (κ2) is 7.09. The first-order chi connectivity index (χ1) is 11.5. The van der Waals surface area contributed by atoms with Crippen molar-refractivity contribution in [3.63, 3.8) is 0 Å². The van der Waals surface area contributed by atoms with Gasteiger partial charge in [0.25, 0.3) is 0 Å². The molecule has 2 aliphatic heterocycles. The Morgan fingerprint density at radius 1 is 1.25 bits per heavy atom. The predicted molar refractivity (Wildman–Crippen MR) is 89.9 cm³/mol. The normalized spacial score (nSPS) is 19.5. The molecule has 24 heavy (non-hydrogen) atoms. The van der Waals surface area contributed by atoms with Gasteiger partial charge in [-0.15, -0.1) is 0 Å². The van der Waals surface area contributed by atoms with E-state index in [2.05, 4.69) is 5.32 Å². The number of hydrogen-bond donors (Lipinski definition) is 1. The number of rotatable bonds is 3. The Morgan fingerprint density at radius 3 is 2.58 bits per heavy atom. The van der Waals surface area contributed by atoms with Gasteiger partial charge in [0.15, 0.2) is 5.79 Å². The van der Waals surface area contributed by atoms with Crippen molar-refractivity contribution < 1.29 is 19.1 Å². The van der Waals surface area contributed by atoms with Gasteiger partial charge >= 0.3 is 0 Å². The number of anilines is 1. The van der Waals surface area contributed by atoms with E-state index < -0.39 is 5.79 Å². The largest absolute Gasteiger partial charge is 0.347 e. The molecular formula is C17H21ClN2O4. The number of benzene rings is 1. The summed E-state index contributed by atoms with van der Waals surface area (Å²) < 4.78 is 11.3. The van der Waals surface area contributed by atoms with Crippen molar-refractivity contribution in [1.29, 1.82) is 0 Å². The number of halogens is 1. The Labute approximate surface area is 146 Å². The molecule has 0 saturated carbocycles. The molecule has 7 heteroatoms. The number of nitrogens with one attached hydrogen (secondary N) is 1. The molecule has 1 aromatic carbocycles. The third-order valence-electron chi connectivity index (χ3n) is 4.48. The lowest BCUT2D eigenvalue weighted by Crippen LogP contribution is -2.47. The van der Waals surface area contributed by atoms with Crippen LogP contribution >= 0.6 is 11.6 Å². The maximum absolute atomic E-state index is 12.3. The summed E-state index contributed by atoms with van der Waals surface area (Å²) in [6.07, 6.45) is 1.11. The Balaban J connectivity index is 1.51. The smallest absolute Gasteiger partial charge is 0.233 e. The molecule has 0 bridgehead atoms. The zero-order chi connectivity index (χ0) is 17.2. The average Bonchev–Trinajstić information content (AvgIpc) is 2.99. The molecule has 2 fully saturated rings. The molecule has 1 aromatic rings. The van der Waals surface area contributed by atoms with Crippen molar-refractivity contribution in [3.05, 3.63) is 28.8 Å². The highest BCUT2D eigenvalue weighted by Crippen LogP contribution is 2.31. The number of likely N-dealkylation sites (tertiary alicyclic amines) is 1. The highest BCUT2D eigenvalue weighted by molar-refractivity contribution is 6.31. The van der Waals surface area contributed by atoms with Crippen LogP contribution in [-0.2, 0) is 19.1 Å². The summed E-state index contributed by atoms with van der Waals surface area (Å²) >= 11 is 5.94. The van der Waals surface area contributed by atoms with Gasteiger partial charge in [-0.3, -0.25) is 9.59 Å². The number of ether oxygens (including phenoxy) is 2. The summed E-state index contributed by atoms with van der Waals surface area (Å²) in [4.78, 5) is 26.1. The SMILES string of the molecule is Cc1ccc(Cl)cc1NC(=O)CC(=O)N1CCC2(CC1)OCCO2. The van der Waals surface area contributed by atoms with Gasteiger partial charge in [0.05, 0.1) is 13.2 Å². The zero-order valence-corrected chi connectivity index (χ0v) is 14.4. The van der Waals surface area contributed by atoms with Gasteiger partial charge in [-0.25, -0.2) is 0 Å². The Hall–Kier alpha value is -1.63. The fourth-order valence-electron chi connectivity index (χ4n) is 3.05. The highest BCUT2D eigenvalue weighted by Gasteiger charge is 2.40. The van der Waals surface area contributed by atoms with E-state index in [0.29, 0.717) is 49.9 Å². The Bertz CT molecular complexity index is 633. The molecule has 2 aliphatic rings. The van der Waals surface area contributed by atoms with Gasteiger partial charge in [-0.2, -0.15) is 0 Å². The van der Waals surface area contributed by atoms with Gasteiger partial charge in [-0.05, 0) is 24.6 Å². The van der Waals surface area contributed by atoms with E-state index in [-0.39, 0.29) is 18.2 Å². The lowest BCUT2D eigenvalue weighted by Gasteiger charge is -2.37. The number of amides is 2. The molecule has 1 N–H and O–H groups in total. The van der Waals surface area contributed by atoms with Gasteiger partial charge in [-0.1, -0.05) is 17.7 Å². The number of nitrogens with zero attached hydrogens (tertiary/aromatic N) is 1. The molecule has 2 heterocycles. The van der Waals surface area contributed by atoms with E-state index in [4.69, 9.17) is 21.1 Å². The molecule has 2 amide bonds. The number of carbonyl (C=O) groups is 2. The lowest BCUT2D eigenvalue weighted by atomic mass is 10.0. The van der Waals surface area contributed by atoms with Gasteiger partial charge in [0.1, 0.15) is 6.42 Å². The number of hydrogen-bond acceptors (Lipinski definition) is 4. The van der Waals surface area contributed by atoms with Crippen molar-refractivity contribution in [1.82, 2.24) is 4.90 Å². The number of aryl methyl sites for hydroxylation is 1. The van der Waals surface area contributed by atoms with Crippen LogP contribution in [0.25, 0.3) is 0 Å². The average molecular weight is 353 g/mol. The standard InChI is InChI=1S/C17H21ClN2O4/c1-12-2-3-13(18)10-14(12)19-15(21)11-16(22)20-6-4-17(5-7-20)23-8-9-24-17/h2-3,10H,4-9,11H2,1H3,(H,19,21). The third-order valence-corrected chi connectivity index (χ3v) is 4.71. The van der Waals surface area contributed by atoms with Crippen LogP contribution in [0.3, 0.4) is 0 Å².